The Hall–Kier alpha value is -2.17. The molecule has 1 heterocycles. The van der Waals surface area contributed by atoms with Gasteiger partial charge < -0.3 is 10.1 Å². The van der Waals surface area contributed by atoms with Crippen LogP contribution in [0.4, 0.5) is 0 Å². The minimum Gasteiger partial charge on any atom is -0.469 e. The molecule has 0 radical (unpaired) electrons. The van der Waals surface area contributed by atoms with E-state index >= 15 is 0 Å². The first-order chi connectivity index (χ1) is 9.72. The van der Waals surface area contributed by atoms with E-state index in [0.717, 1.165) is 25.0 Å². The number of rotatable bonds is 8. The topological polar surface area (TPSA) is 68.3 Å². The predicted octanol–water partition coefficient (Wildman–Crippen LogP) is 1.94. The minimum absolute atomic E-state index is 0.136. The maximum absolute atomic E-state index is 11.5. The number of unbranched alkanes of at least 4 members (excludes halogenated alkanes) is 2. The fraction of sp³-hybridized carbons (Fsp3) is 0.400. The molecular formula is C15H20N2O3. The number of hydrogen-bond acceptors (Lipinski definition) is 4. The molecule has 20 heavy (non-hydrogen) atoms. The lowest BCUT2D eigenvalue weighted by Gasteiger charge is -2.02. The van der Waals surface area contributed by atoms with Crippen molar-refractivity contribution >= 4 is 18.0 Å². The predicted molar refractivity (Wildman–Crippen MR) is 76.8 cm³/mol. The number of pyridine rings is 1. The summed E-state index contributed by atoms with van der Waals surface area (Å²) in [7, 11) is 1.39. The van der Waals surface area contributed by atoms with Gasteiger partial charge in [-0.15, -0.1) is 0 Å². The van der Waals surface area contributed by atoms with Crippen molar-refractivity contribution in [3.05, 3.63) is 36.2 Å². The van der Waals surface area contributed by atoms with Crippen LogP contribution in [0.25, 0.3) is 6.08 Å². The van der Waals surface area contributed by atoms with Crippen LogP contribution < -0.4 is 5.32 Å². The van der Waals surface area contributed by atoms with Crippen LogP contribution >= 0.6 is 0 Å². The van der Waals surface area contributed by atoms with Crippen LogP contribution in [0.15, 0.2) is 30.5 Å². The van der Waals surface area contributed by atoms with Crippen LogP contribution in [-0.2, 0) is 14.3 Å². The Bertz CT molecular complexity index is 444. The molecule has 1 N–H and O–H groups in total. The third-order valence-corrected chi connectivity index (χ3v) is 2.68. The van der Waals surface area contributed by atoms with E-state index < -0.39 is 0 Å². The summed E-state index contributed by atoms with van der Waals surface area (Å²) in [5, 5.41) is 2.79. The van der Waals surface area contributed by atoms with Gasteiger partial charge in [-0.2, -0.15) is 0 Å². The van der Waals surface area contributed by atoms with E-state index in [-0.39, 0.29) is 11.9 Å². The quantitative estimate of drug-likeness (QED) is 0.447. The second kappa shape index (κ2) is 9.72. The van der Waals surface area contributed by atoms with Gasteiger partial charge in [0, 0.05) is 25.2 Å². The molecule has 0 unspecified atom stereocenters. The number of ether oxygens (including phenoxy) is 1. The summed E-state index contributed by atoms with van der Waals surface area (Å²) in [4.78, 5) is 26.5. The van der Waals surface area contributed by atoms with Crippen LogP contribution in [0.2, 0.25) is 0 Å². The number of nitrogens with zero attached hydrogens (tertiary/aromatic N) is 1. The first-order valence-corrected chi connectivity index (χ1v) is 6.66. The molecule has 1 amide bonds. The zero-order valence-corrected chi connectivity index (χ0v) is 11.7. The summed E-state index contributed by atoms with van der Waals surface area (Å²) in [6.07, 6.45) is 7.78. The van der Waals surface area contributed by atoms with Crippen molar-refractivity contribution in [2.75, 3.05) is 13.7 Å². The fourth-order valence-corrected chi connectivity index (χ4v) is 1.58. The van der Waals surface area contributed by atoms with Crippen molar-refractivity contribution in [3.8, 4) is 0 Å². The number of hydrogen-bond donors (Lipinski definition) is 1. The molecule has 0 aliphatic carbocycles. The van der Waals surface area contributed by atoms with Gasteiger partial charge in [0.15, 0.2) is 0 Å². The molecule has 1 aromatic rings. The first-order valence-electron chi connectivity index (χ1n) is 6.66. The Labute approximate surface area is 119 Å². The molecule has 5 nitrogen and oxygen atoms in total. The molecule has 0 aliphatic rings. The van der Waals surface area contributed by atoms with Gasteiger partial charge in [0.2, 0.25) is 5.91 Å². The summed E-state index contributed by atoms with van der Waals surface area (Å²) in [5.74, 6) is -0.323. The average molecular weight is 276 g/mol. The second-order valence-corrected chi connectivity index (χ2v) is 4.27. The van der Waals surface area contributed by atoms with Crippen molar-refractivity contribution in [3.63, 3.8) is 0 Å². The summed E-state index contributed by atoms with van der Waals surface area (Å²) in [6, 6.07) is 5.52. The van der Waals surface area contributed by atoms with E-state index in [2.05, 4.69) is 15.0 Å². The second-order valence-electron chi connectivity index (χ2n) is 4.27. The number of aromatic nitrogens is 1. The van der Waals surface area contributed by atoms with Crippen LogP contribution in [0, 0.1) is 0 Å². The zero-order valence-electron chi connectivity index (χ0n) is 11.7. The standard InChI is InChI=1S/C15H20N2O3/c1-20-15(19)8-3-2-5-12-17-14(18)10-9-13-7-4-6-11-16-13/h4,6-7,9-11H,2-3,5,8,12H2,1H3,(H,17,18). The van der Waals surface area contributed by atoms with Gasteiger partial charge in [0.25, 0.3) is 0 Å². The van der Waals surface area contributed by atoms with E-state index in [1.165, 1.54) is 13.2 Å². The van der Waals surface area contributed by atoms with Gasteiger partial charge in [0.1, 0.15) is 0 Å². The monoisotopic (exact) mass is 276 g/mol. The summed E-state index contributed by atoms with van der Waals surface area (Å²) in [5.41, 5.74) is 0.751. The number of methoxy groups -OCH3 is 1. The van der Waals surface area contributed by atoms with Crippen molar-refractivity contribution in [2.45, 2.75) is 25.7 Å². The Morgan fingerprint density at radius 2 is 2.15 bits per heavy atom. The van der Waals surface area contributed by atoms with E-state index in [0.29, 0.717) is 13.0 Å². The number of carbonyl (C=O) groups excluding carboxylic acids is 2. The average Bonchev–Trinajstić information content (AvgIpc) is 2.49. The molecule has 0 aliphatic heterocycles. The summed E-state index contributed by atoms with van der Waals surface area (Å²) >= 11 is 0. The van der Waals surface area contributed by atoms with Crippen molar-refractivity contribution in [1.82, 2.24) is 10.3 Å². The van der Waals surface area contributed by atoms with Gasteiger partial charge in [-0.25, -0.2) is 0 Å². The van der Waals surface area contributed by atoms with Crippen LogP contribution in [-0.4, -0.2) is 30.5 Å². The van der Waals surface area contributed by atoms with Gasteiger partial charge in [0.05, 0.1) is 12.8 Å². The molecule has 0 atom stereocenters. The molecule has 0 saturated carbocycles. The highest BCUT2D eigenvalue weighted by atomic mass is 16.5. The number of nitrogens with one attached hydrogen (secondary N) is 1. The lowest BCUT2D eigenvalue weighted by atomic mass is 10.2. The Balaban J connectivity index is 2.09. The minimum atomic E-state index is -0.188. The highest BCUT2D eigenvalue weighted by molar-refractivity contribution is 5.91. The molecule has 0 fully saturated rings. The number of amides is 1. The first kappa shape index (κ1) is 15.9. The van der Waals surface area contributed by atoms with Crippen LogP contribution in [0.3, 0.4) is 0 Å². The molecule has 1 rings (SSSR count). The van der Waals surface area contributed by atoms with Gasteiger partial charge in [-0.05, 0) is 31.1 Å². The molecule has 0 spiro atoms. The van der Waals surface area contributed by atoms with E-state index in [4.69, 9.17) is 0 Å². The zero-order chi connectivity index (χ0) is 14.6. The van der Waals surface area contributed by atoms with Crippen LogP contribution in [0.1, 0.15) is 31.4 Å². The third kappa shape index (κ3) is 7.31. The molecule has 0 saturated heterocycles. The van der Waals surface area contributed by atoms with Gasteiger partial charge >= 0.3 is 5.97 Å². The number of carbonyl (C=O) groups is 2. The van der Waals surface area contributed by atoms with Crippen LogP contribution in [0.5, 0.6) is 0 Å². The molecule has 0 bridgehead atoms. The highest BCUT2D eigenvalue weighted by Gasteiger charge is 1.99. The fourth-order valence-electron chi connectivity index (χ4n) is 1.58. The normalized spacial score (nSPS) is 10.4. The van der Waals surface area contributed by atoms with Crippen molar-refractivity contribution < 1.29 is 14.3 Å². The molecule has 1 aromatic heterocycles. The Morgan fingerprint density at radius 3 is 2.85 bits per heavy atom. The van der Waals surface area contributed by atoms with E-state index in [1.807, 2.05) is 18.2 Å². The van der Waals surface area contributed by atoms with Crippen molar-refractivity contribution in [1.29, 1.82) is 0 Å². The summed E-state index contributed by atoms with van der Waals surface area (Å²) < 4.78 is 4.55. The maximum atomic E-state index is 11.5. The smallest absolute Gasteiger partial charge is 0.305 e. The largest absolute Gasteiger partial charge is 0.469 e. The molecular weight excluding hydrogens is 256 g/mol. The lowest BCUT2D eigenvalue weighted by Crippen LogP contribution is -2.22. The molecule has 0 aromatic carbocycles. The van der Waals surface area contributed by atoms with Gasteiger partial charge in [-0.3, -0.25) is 14.6 Å². The van der Waals surface area contributed by atoms with E-state index in [9.17, 15) is 9.59 Å². The SMILES string of the molecule is COC(=O)CCCCCNC(=O)C=Cc1ccccn1. The molecule has 5 heteroatoms. The third-order valence-electron chi connectivity index (χ3n) is 2.68. The Kier molecular flexibility index (Phi) is 7.72. The molecule has 108 valence electrons. The van der Waals surface area contributed by atoms with Crippen molar-refractivity contribution in [2.24, 2.45) is 0 Å². The lowest BCUT2D eigenvalue weighted by molar-refractivity contribution is -0.140. The highest BCUT2D eigenvalue weighted by Crippen LogP contribution is 2.00. The Morgan fingerprint density at radius 1 is 1.30 bits per heavy atom. The maximum Gasteiger partial charge on any atom is 0.305 e. The summed E-state index contributed by atoms with van der Waals surface area (Å²) in [6.45, 7) is 0.604. The number of esters is 1. The van der Waals surface area contributed by atoms with Gasteiger partial charge in [-0.1, -0.05) is 12.5 Å². The van der Waals surface area contributed by atoms with E-state index in [1.54, 1.807) is 12.3 Å².